The molecule has 0 aliphatic carbocycles. The smallest absolute Gasteiger partial charge is 0.141 e. The molecule has 3 heteroatoms. The van der Waals surface area contributed by atoms with Crippen LogP contribution in [0.5, 0.6) is 0 Å². The number of rotatable bonds is 3. The van der Waals surface area contributed by atoms with Crippen molar-refractivity contribution in [3.05, 3.63) is 36.3 Å². The van der Waals surface area contributed by atoms with Crippen molar-refractivity contribution in [1.29, 1.82) is 0 Å². The standard InChI is InChI=1S/C9H12O3/c1-2-4-7(10)9(11)8-5-3-6-12-8/h2-7,9-11H,1H3/b4-2+/t7-,9+/m0/s1. The second kappa shape index (κ2) is 4.09. The third-order valence-corrected chi connectivity index (χ3v) is 1.55. The van der Waals surface area contributed by atoms with Crippen LogP contribution in [-0.4, -0.2) is 16.3 Å². The molecular weight excluding hydrogens is 156 g/mol. The van der Waals surface area contributed by atoms with Crippen LogP contribution in [0.15, 0.2) is 35.0 Å². The van der Waals surface area contributed by atoms with Gasteiger partial charge in [0.1, 0.15) is 18.0 Å². The zero-order valence-electron chi connectivity index (χ0n) is 6.84. The van der Waals surface area contributed by atoms with E-state index in [1.54, 1.807) is 25.1 Å². The van der Waals surface area contributed by atoms with Gasteiger partial charge >= 0.3 is 0 Å². The highest BCUT2D eigenvalue weighted by molar-refractivity contribution is 5.06. The summed E-state index contributed by atoms with van der Waals surface area (Å²) in [5.74, 6) is 0.376. The van der Waals surface area contributed by atoms with Gasteiger partial charge in [0.05, 0.1) is 6.26 Å². The largest absolute Gasteiger partial charge is 0.466 e. The zero-order valence-corrected chi connectivity index (χ0v) is 6.84. The van der Waals surface area contributed by atoms with Crippen LogP contribution in [-0.2, 0) is 0 Å². The molecule has 0 spiro atoms. The van der Waals surface area contributed by atoms with Crippen molar-refractivity contribution in [3.63, 3.8) is 0 Å². The topological polar surface area (TPSA) is 53.6 Å². The molecule has 0 fully saturated rings. The lowest BCUT2D eigenvalue weighted by atomic mass is 10.1. The molecule has 1 aromatic heterocycles. The van der Waals surface area contributed by atoms with Crippen molar-refractivity contribution in [2.24, 2.45) is 0 Å². The highest BCUT2D eigenvalue weighted by atomic mass is 16.4. The first-order valence-corrected chi connectivity index (χ1v) is 3.78. The van der Waals surface area contributed by atoms with Crippen molar-refractivity contribution in [2.75, 3.05) is 0 Å². The summed E-state index contributed by atoms with van der Waals surface area (Å²) in [6.07, 6.45) is 2.77. The molecule has 1 rings (SSSR count). The zero-order chi connectivity index (χ0) is 8.97. The third kappa shape index (κ3) is 1.96. The molecular formula is C9H12O3. The average Bonchev–Trinajstić information content (AvgIpc) is 2.55. The number of hydrogen-bond acceptors (Lipinski definition) is 3. The predicted molar refractivity (Wildman–Crippen MR) is 44.5 cm³/mol. The summed E-state index contributed by atoms with van der Waals surface area (Å²) in [5.41, 5.74) is 0. The van der Waals surface area contributed by atoms with Gasteiger partial charge in [-0.3, -0.25) is 0 Å². The molecule has 0 aliphatic rings. The summed E-state index contributed by atoms with van der Waals surface area (Å²) in [6.45, 7) is 1.78. The lowest BCUT2D eigenvalue weighted by Crippen LogP contribution is -2.14. The predicted octanol–water partition coefficient (Wildman–Crippen LogP) is 1.25. The molecule has 2 atom stereocenters. The van der Waals surface area contributed by atoms with Gasteiger partial charge in [0.2, 0.25) is 0 Å². The molecule has 12 heavy (non-hydrogen) atoms. The Balaban J connectivity index is 2.65. The number of furan rings is 1. The van der Waals surface area contributed by atoms with E-state index in [2.05, 4.69) is 0 Å². The first-order valence-electron chi connectivity index (χ1n) is 3.78. The Morgan fingerprint density at radius 3 is 2.75 bits per heavy atom. The fourth-order valence-electron chi connectivity index (χ4n) is 0.930. The minimum Gasteiger partial charge on any atom is -0.466 e. The quantitative estimate of drug-likeness (QED) is 0.668. The van der Waals surface area contributed by atoms with E-state index in [0.717, 1.165) is 0 Å². The van der Waals surface area contributed by atoms with E-state index in [0.29, 0.717) is 5.76 Å². The SMILES string of the molecule is C/C=C/[C@H](O)[C@@H](O)c1ccco1. The highest BCUT2D eigenvalue weighted by Crippen LogP contribution is 2.17. The summed E-state index contributed by atoms with van der Waals surface area (Å²) in [5, 5.41) is 18.7. The summed E-state index contributed by atoms with van der Waals surface area (Å²) < 4.78 is 4.92. The molecule has 0 aromatic carbocycles. The second-order valence-corrected chi connectivity index (χ2v) is 2.48. The van der Waals surface area contributed by atoms with Crippen LogP contribution in [0.4, 0.5) is 0 Å². The molecule has 3 nitrogen and oxygen atoms in total. The lowest BCUT2D eigenvalue weighted by molar-refractivity contribution is 0.0334. The maximum absolute atomic E-state index is 9.41. The van der Waals surface area contributed by atoms with E-state index < -0.39 is 12.2 Å². The fourth-order valence-corrected chi connectivity index (χ4v) is 0.930. The Kier molecular flexibility index (Phi) is 3.08. The molecule has 0 amide bonds. The summed E-state index contributed by atoms with van der Waals surface area (Å²) in [6, 6.07) is 3.29. The molecule has 1 aromatic rings. The Hall–Kier alpha value is -1.06. The van der Waals surface area contributed by atoms with Gasteiger partial charge in [-0.25, -0.2) is 0 Å². The van der Waals surface area contributed by atoms with Gasteiger partial charge < -0.3 is 14.6 Å². The van der Waals surface area contributed by atoms with Gasteiger partial charge in [-0.05, 0) is 19.1 Å². The average molecular weight is 168 g/mol. The summed E-state index contributed by atoms with van der Waals surface area (Å²) in [4.78, 5) is 0. The molecule has 0 aliphatic heterocycles. The molecule has 1 heterocycles. The minimum absolute atomic E-state index is 0.376. The summed E-state index contributed by atoms with van der Waals surface area (Å²) >= 11 is 0. The number of aliphatic hydroxyl groups excluding tert-OH is 2. The van der Waals surface area contributed by atoms with Crippen LogP contribution in [0.3, 0.4) is 0 Å². The number of hydrogen-bond donors (Lipinski definition) is 2. The molecule has 2 N–H and O–H groups in total. The normalized spacial score (nSPS) is 16.6. The molecule has 66 valence electrons. The van der Waals surface area contributed by atoms with Gasteiger partial charge in [0.25, 0.3) is 0 Å². The van der Waals surface area contributed by atoms with Gasteiger partial charge in [0.15, 0.2) is 0 Å². The molecule has 0 radical (unpaired) electrons. The maximum Gasteiger partial charge on any atom is 0.141 e. The first-order chi connectivity index (χ1) is 5.75. The minimum atomic E-state index is -0.976. The Morgan fingerprint density at radius 2 is 2.25 bits per heavy atom. The van der Waals surface area contributed by atoms with Crippen molar-refractivity contribution in [1.82, 2.24) is 0 Å². The van der Waals surface area contributed by atoms with Gasteiger partial charge in [-0.15, -0.1) is 0 Å². The van der Waals surface area contributed by atoms with E-state index in [1.165, 1.54) is 12.3 Å². The molecule has 0 saturated carbocycles. The summed E-state index contributed by atoms with van der Waals surface area (Å²) in [7, 11) is 0. The van der Waals surface area contributed by atoms with E-state index >= 15 is 0 Å². The Labute approximate surface area is 70.9 Å². The van der Waals surface area contributed by atoms with Crippen molar-refractivity contribution in [3.8, 4) is 0 Å². The maximum atomic E-state index is 9.41. The Bertz CT molecular complexity index is 238. The molecule has 0 saturated heterocycles. The second-order valence-electron chi connectivity index (χ2n) is 2.48. The fraction of sp³-hybridized carbons (Fsp3) is 0.333. The van der Waals surface area contributed by atoms with E-state index in [1.807, 2.05) is 0 Å². The van der Waals surface area contributed by atoms with Gasteiger partial charge in [0, 0.05) is 0 Å². The number of allylic oxidation sites excluding steroid dienone is 1. The van der Waals surface area contributed by atoms with Crippen LogP contribution < -0.4 is 0 Å². The third-order valence-electron chi connectivity index (χ3n) is 1.55. The van der Waals surface area contributed by atoms with Crippen LogP contribution in [0, 0.1) is 0 Å². The van der Waals surface area contributed by atoms with E-state index in [4.69, 9.17) is 4.42 Å². The highest BCUT2D eigenvalue weighted by Gasteiger charge is 2.17. The van der Waals surface area contributed by atoms with Crippen LogP contribution in [0.25, 0.3) is 0 Å². The van der Waals surface area contributed by atoms with Gasteiger partial charge in [-0.2, -0.15) is 0 Å². The van der Waals surface area contributed by atoms with Crippen molar-refractivity contribution in [2.45, 2.75) is 19.1 Å². The lowest BCUT2D eigenvalue weighted by Gasteiger charge is -2.10. The van der Waals surface area contributed by atoms with E-state index in [9.17, 15) is 10.2 Å². The van der Waals surface area contributed by atoms with Crippen molar-refractivity contribution >= 4 is 0 Å². The number of aliphatic hydroxyl groups is 2. The van der Waals surface area contributed by atoms with Crippen LogP contribution in [0.1, 0.15) is 18.8 Å². The molecule has 0 bridgehead atoms. The van der Waals surface area contributed by atoms with Gasteiger partial charge in [-0.1, -0.05) is 12.2 Å². The first kappa shape index (κ1) is 9.03. The Morgan fingerprint density at radius 1 is 1.50 bits per heavy atom. The van der Waals surface area contributed by atoms with E-state index in [-0.39, 0.29) is 0 Å². The monoisotopic (exact) mass is 168 g/mol. The van der Waals surface area contributed by atoms with Crippen molar-refractivity contribution < 1.29 is 14.6 Å². The van der Waals surface area contributed by atoms with Crippen LogP contribution >= 0.6 is 0 Å². The van der Waals surface area contributed by atoms with Crippen LogP contribution in [0.2, 0.25) is 0 Å². The molecule has 0 unspecified atom stereocenters.